The molecule has 0 spiro atoms. The van der Waals surface area contributed by atoms with Crippen LogP contribution >= 0.6 is 0 Å². The lowest BCUT2D eigenvalue weighted by atomic mass is 9.99. The lowest BCUT2D eigenvalue weighted by molar-refractivity contribution is -0.320. The van der Waals surface area contributed by atoms with Crippen LogP contribution in [0.15, 0.2) is 0 Å². The summed E-state index contributed by atoms with van der Waals surface area (Å²) in [5, 5.41) is 69.3. The van der Waals surface area contributed by atoms with Crippen molar-refractivity contribution in [3.8, 4) is 0 Å². The normalized spacial score (nSPS) is 34.4. The molecule has 1 amide bonds. The number of nitrogens with one attached hydrogen (secondary N) is 1. The van der Waals surface area contributed by atoms with Gasteiger partial charge in [0.1, 0.15) is 36.6 Å². The van der Waals surface area contributed by atoms with Crippen molar-refractivity contribution in [2.75, 3.05) is 19.8 Å². The number of carbonyl (C=O) groups excluding carboxylic acids is 1. The van der Waals surface area contributed by atoms with Crippen LogP contribution in [0.2, 0.25) is 0 Å². The average Bonchev–Trinajstić information content (AvgIpc) is 2.56. The Hall–Kier alpha value is -0.890. The molecule has 0 unspecified atom stereocenters. The van der Waals surface area contributed by atoms with Crippen molar-refractivity contribution in [2.45, 2.75) is 55.9 Å². The van der Waals surface area contributed by atoms with Crippen molar-refractivity contribution in [2.24, 2.45) is 0 Å². The quantitative estimate of drug-likeness (QED) is 0.209. The highest BCUT2D eigenvalue weighted by Gasteiger charge is 2.45. The Morgan fingerprint density at radius 1 is 1.12 bits per heavy atom. The fraction of sp³-hybridized carbons (Fsp3) is 0.923. The van der Waals surface area contributed by atoms with Crippen LogP contribution in [-0.4, -0.2) is 110 Å². The van der Waals surface area contributed by atoms with E-state index in [9.17, 15) is 35.4 Å². The van der Waals surface area contributed by atoms with Crippen molar-refractivity contribution in [1.29, 1.82) is 0 Å². The molecule has 1 rings (SSSR count). The Morgan fingerprint density at radius 2 is 1.75 bits per heavy atom. The second-order valence-corrected chi connectivity index (χ2v) is 5.53. The monoisotopic (exact) mass is 355 g/mol. The van der Waals surface area contributed by atoms with E-state index >= 15 is 0 Å². The van der Waals surface area contributed by atoms with Crippen LogP contribution in [0.4, 0.5) is 0 Å². The van der Waals surface area contributed by atoms with Gasteiger partial charge in [-0.2, -0.15) is 0 Å². The number of aliphatic hydroxyl groups is 7. The van der Waals surface area contributed by atoms with E-state index in [0.717, 1.165) is 0 Å². The number of hydrogen-bond donors (Lipinski definition) is 8. The maximum Gasteiger partial charge on any atom is 0.217 e. The Bertz CT molecular complexity index is 395. The minimum atomic E-state index is -1.71. The van der Waals surface area contributed by atoms with E-state index in [-0.39, 0.29) is 0 Å². The van der Waals surface area contributed by atoms with Gasteiger partial charge in [-0.15, -0.1) is 0 Å². The summed E-state index contributed by atoms with van der Waals surface area (Å²) in [5.74, 6) is -0.530. The third-order valence-electron chi connectivity index (χ3n) is 3.72. The van der Waals surface area contributed by atoms with Gasteiger partial charge in [-0.25, -0.2) is 0 Å². The van der Waals surface area contributed by atoms with Gasteiger partial charge in [0.05, 0.1) is 25.9 Å². The van der Waals surface area contributed by atoms with E-state index in [1.54, 1.807) is 0 Å². The molecule has 0 radical (unpaired) electrons. The van der Waals surface area contributed by atoms with Crippen LogP contribution < -0.4 is 5.32 Å². The van der Waals surface area contributed by atoms with Crippen molar-refractivity contribution < 1.29 is 50.0 Å². The highest BCUT2D eigenvalue weighted by Crippen LogP contribution is 2.23. The van der Waals surface area contributed by atoms with Crippen molar-refractivity contribution in [3.63, 3.8) is 0 Å². The smallest absolute Gasteiger partial charge is 0.217 e. The molecule has 0 aromatic carbocycles. The van der Waals surface area contributed by atoms with Crippen LogP contribution in [0.5, 0.6) is 0 Å². The van der Waals surface area contributed by atoms with E-state index in [1.165, 1.54) is 6.92 Å². The summed E-state index contributed by atoms with van der Waals surface area (Å²) < 4.78 is 10.3. The van der Waals surface area contributed by atoms with Crippen molar-refractivity contribution in [3.05, 3.63) is 0 Å². The highest BCUT2D eigenvalue weighted by atomic mass is 16.7. The summed E-state index contributed by atoms with van der Waals surface area (Å²) in [6, 6.07) is -1.15. The molecule has 1 fully saturated rings. The molecule has 8 atom stereocenters. The van der Waals surface area contributed by atoms with Crippen LogP contribution in [-0.2, 0) is 14.3 Å². The topological polar surface area (TPSA) is 189 Å². The minimum absolute atomic E-state index is 0.530. The molecule has 8 N–H and O–H groups in total. The summed E-state index contributed by atoms with van der Waals surface area (Å²) in [5.41, 5.74) is 0. The molecule has 0 aromatic heterocycles. The number of amides is 1. The predicted octanol–water partition coefficient (Wildman–Crippen LogP) is -4.98. The van der Waals surface area contributed by atoms with Gasteiger partial charge in [-0.05, 0) is 0 Å². The third kappa shape index (κ3) is 5.05. The van der Waals surface area contributed by atoms with E-state index in [0.29, 0.717) is 0 Å². The summed E-state index contributed by atoms with van der Waals surface area (Å²) in [4.78, 5) is 11.0. The molecule has 1 aliphatic rings. The molecule has 0 aromatic rings. The number of hydrogen-bond acceptors (Lipinski definition) is 10. The zero-order valence-electron chi connectivity index (χ0n) is 13.1. The molecule has 1 aliphatic heterocycles. The standard InChI is InChI=1S/C13H25NO10/c1-5(18)14-6(2-15)9(19)7(3-16)23-13-12(22)11(21)10(20)8(4-17)24-13/h6-13,15-17,19-22H,2-4H2,1H3,(H,14,18)/t6-,7+,8+,9+,10-,11-,12+,13+/m0/s1. The number of ether oxygens (including phenoxy) is 2. The molecule has 0 saturated carbocycles. The Labute approximate surface area is 138 Å². The Morgan fingerprint density at radius 3 is 2.21 bits per heavy atom. The molecule has 0 aliphatic carbocycles. The van der Waals surface area contributed by atoms with E-state index in [1.807, 2.05) is 0 Å². The summed E-state index contributed by atoms with van der Waals surface area (Å²) >= 11 is 0. The van der Waals surface area contributed by atoms with Gasteiger partial charge in [-0.1, -0.05) is 0 Å². The Kier molecular flexibility index (Phi) is 8.42. The predicted molar refractivity (Wildman–Crippen MR) is 76.4 cm³/mol. The number of rotatable bonds is 8. The number of carbonyl (C=O) groups is 1. The van der Waals surface area contributed by atoms with Crippen LogP contribution in [0.1, 0.15) is 6.92 Å². The maximum absolute atomic E-state index is 11.0. The van der Waals surface area contributed by atoms with Crippen molar-refractivity contribution >= 4 is 5.91 Å². The van der Waals surface area contributed by atoms with Gasteiger partial charge in [0, 0.05) is 6.92 Å². The van der Waals surface area contributed by atoms with Gasteiger partial charge >= 0.3 is 0 Å². The number of aliphatic hydroxyl groups excluding tert-OH is 7. The van der Waals surface area contributed by atoms with Gasteiger partial charge < -0.3 is 50.5 Å². The van der Waals surface area contributed by atoms with Gasteiger partial charge in [0.25, 0.3) is 0 Å². The molecule has 0 bridgehead atoms. The van der Waals surface area contributed by atoms with Crippen LogP contribution in [0.25, 0.3) is 0 Å². The molecule has 142 valence electrons. The zero-order valence-corrected chi connectivity index (χ0v) is 13.1. The Balaban J connectivity index is 2.80. The largest absolute Gasteiger partial charge is 0.394 e. The molecule has 1 heterocycles. The van der Waals surface area contributed by atoms with E-state index in [4.69, 9.17) is 14.6 Å². The summed E-state index contributed by atoms with van der Waals surface area (Å²) in [6.45, 7) is -0.897. The lowest BCUT2D eigenvalue weighted by Crippen LogP contribution is -2.61. The second-order valence-electron chi connectivity index (χ2n) is 5.53. The molecule has 11 heteroatoms. The first kappa shape index (κ1) is 21.2. The zero-order chi connectivity index (χ0) is 18.4. The van der Waals surface area contributed by atoms with Gasteiger partial charge in [0.2, 0.25) is 5.91 Å². The van der Waals surface area contributed by atoms with Gasteiger partial charge in [-0.3, -0.25) is 4.79 Å². The van der Waals surface area contributed by atoms with E-state index < -0.39 is 74.7 Å². The molecule has 1 saturated heterocycles. The molecule has 11 nitrogen and oxygen atoms in total. The highest BCUT2D eigenvalue weighted by molar-refractivity contribution is 5.73. The average molecular weight is 355 g/mol. The first-order chi connectivity index (χ1) is 11.3. The molecular weight excluding hydrogens is 330 g/mol. The van der Waals surface area contributed by atoms with Crippen LogP contribution in [0.3, 0.4) is 0 Å². The fourth-order valence-corrected chi connectivity index (χ4v) is 2.34. The fourth-order valence-electron chi connectivity index (χ4n) is 2.34. The second kappa shape index (κ2) is 9.56. The lowest BCUT2D eigenvalue weighted by Gasteiger charge is -2.41. The summed E-state index contributed by atoms with van der Waals surface area (Å²) in [6.07, 6.45) is -10.7. The summed E-state index contributed by atoms with van der Waals surface area (Å²) in [7, 11) is 0. The van der Waals surface area contributed by atoms with Gasteiger partial charge in [0.15, 0.2) is 6.29 Å². The molecular formula is C13H25NO10. The first-order valence-electron chi connectivity index (χ1n) is 7.39. The molecule has 24 heavy (non-hydrogen) atoms. The first-order valence-corrected chi connectivity index (χ1v) is 7.39. The van der Waals surface area contributed by atoms with Crippen molar-refractivity contribution in [1.82, 2.24) is 5.32 Å². The SMILES string of the molecule is CC(=O)N[C@@H](CO)[C@@H](O)[C@@H](CO)O[C@@H]1O[C@H](CO)[C@H](O)[C@H](O)[C@H]1O. The van der Waals surface area contributed by atoms with Crippen LogP contribution in [0, 0.1) is 0 Å². The maximum atomic E-state index is 11.0. The van der Waals surface area contributed by atoms with E-state index in [2.05, 4.69) is 5.32 Å². The minimum Gasteiger partial charge on any atom is -0.394 e. The third-order valence-corrected chi connectivity index (χ3v) is 3.72.